The lowest BCUT2D eigenvalue weighted by Gasteiger charge is -2.16. The maximum atomic E-state index is 12.4. The Balaban J connectivity index is 2.36. The third-order valence-corrected chi connectivity index (χ3v) is 5.50. The molecule has 24 heavy (non-hydrogen) atoms. The van der Waals surface area contributed by atoms with Crippen LogP contribution in [0.25, 0.3) is 0 Å². The molecule has 0 radical (unpaired) electrons. The van der Waals surface area contributed by atoms with E-state index >= 15 is 0 Å². The minimum Gasteiger partial charge on any atom is -0.322 e. The molecule has 6 nitrogen and oxygen atoms in total. The van der Waals surface area contributed by atoms with E-state index in [1.807, 2.05) is 25.1 Å². The average molecular weight is 369 g/mol. The Bertz CT molecular complexity index is 868. The number of hydrogen-bond donors (Lipinski definition) is 1. The first-order chi connectivity index (χ1) is 11.3. The highest BCUT2D eigenvalue weighted by Gasteiger charge is 2.25. The van der Waals surface area contributed by atoms with Crippen LogP contribution in [-0.2, 0) is 14.9 Å². The number of carbonyl (C=O) groups excluding carboxylic acids is 1. The maximum Gasteiger partial charge on any atom is 0.266 e. The molecule has 0 saturated heterocycles. The first kappa shape index (κ1) is 18.4. The predicted molar refractivity (Wildman–Crippen MR) is 92.5 cm³/mol. The van der Waals surface area contributed by atoms with Gasteiger partial charge in [0.05, 0.1) is 12.1 Å². The Morgan fingerprint density at radius 1 is 1.21 bits per heavy atom. The normalized spacial score (nSPS) is 11.5. The topological polar surface area (TPSA) is 75.7 Å². The largest absolute Gasteiger partial charge is 0.322 e. The summed E-state index contributed by atoms with van der Waals surface area (Å²) in [6.07, 6.45) is 0. The van der Waals surface area contributed by atoms with Gasteiger partial charge in [-0.25, -0.2) is 8.42 Å². The Morgan fingerprint density at radius 3 is 2.54 bits per heavy atom. The van der Waals surface area contributed by atoms with Gasteiger partial charge in [0, 0.05) is 18.3 Å². The van der Waals surface area contributed by atoms with Crippen LogP contribution in [0, 0.1) is 6.92 Å². The van der Waals surface area contributed by atoms with Crippen molar-refractivity contribution in [1.29, 1.82) is 0 Å². The number of amides is 1. The molecule has 0 fully saturated rings. The molecule has 0 spiro atoms. The lowest BCUT2D eigenvalue weighted by atomic mass is 10.2. The molecule has 128 valence electrons. The molecular weight excluding hydrogens is 352 g/mol. The highest BCUT2D eigenvalue weighted by Crippen LogP contribution is 2.25. The zero-order valence-corrected chi connectivity index (χ0v) is 15.0. The summed E-state index contributed by atoms with van der Waals surface area (Å²) in [5, 5.41) is 2.72. The SMILES string of the molecule is CON(C)S(=O)(=O)c1cc(C(=O)Nc2cccc(C)c2)ccc1Cl. The van der Waals surface area contributed by atoms with Crippen LogP contribution >= 0.6 is 11.6 Å². The summed E-state index contributed by atoms with van der Waals surface area (Å²) in [7, 11) is -1.49. The third kappa shape index (κ3) is 3.93. The van der Waals surface area contributed by atoms with E-state index in [-0.39, 0.29) is 15.5 Å². The van der Waals surface area contributed by atoms with Crippen molar-refractivity contribution in [2.24, 2.45) is 0 Å². The number of hydrogen-bond acceptors (Lipinski definition) is 4. The van der Waals surface area contributed by atoms with Gasteiger partial charge in [0.2, 0.25) is 0 Å². The van der Waals surface area contributed by atoms with Crippen molar-refractivity contribution in [3.05, 3.63) is 58.6 Å². The Morgan fingerprint density at radius 2 is 1.92 bits per heavy atom. The van der Waals surface area contributed by atoms with E-state index in [1.165, 1.54) is 32.4 Å². The van der Waals surface area contributed by atoms with Crippen molar-refractivity contribution in [3.63, 3.8) is 0 Å². The predicted octanol–water partition coefficient (Wildman–Crippen LogP) is 3.08. The van der Waals surface area contributed by atoms with Gasteiger partial charge in [-0.3, -0.25) is 9.63 Å². The quantitative estimate of drug-likeness (QED) is 0.823. The van der Waals surface area contributed by atoms with Crippen LogP contribution in [0.1, 0.15) is 15.9 Å². The van der Waals surface area contributed by atoms with E-state index in [2.05, 4.69) is 5.32 Å². The van der Waals surface area contributed by atoms with E-state index < -0.39 is 15.9 Å². The summed E-state index contributed by atoms with van der Waals surface area (Å²) >= 11 is 5.97. The first-order valence-corrected chi connectivity index (χ1v) is 8.78. The van der Waals surface area contributed by atoms with Crippen LogP contribution < -0.4 is 5.32 Å². The van der Waals surface area contributed by atoms with Gasteiger partial charge in [0.1, 0.15) is 4.90 Å². The monoisotopic (exact) mass is 368 g/mol. The average Bonchev–Trinajstić information content (AvgIpc) is 2.54. The third-order valence-electron chi connectivity index (χ3n) is 3.34. The minimum absolute atomic E-state index is 0.00556. The lowest BCUT2D eigenvalue weighted by Crippen LogP contribution is -2.26. The van der Waals surface area contributed by atoms with Crippen LogP contribution in [0.4, 0.5) is 5.69 Å². The van der Waals surface area contributed by atoms with Crippen molar-refractivity contribution in [3.8, 4) is 0 Å². The highest BCUT2D eigenvalue weighted by molar-refractivity contribution is 7.89. The van der Waals surface area contributed by atoms with Crippen LogP contribution in [0.15, 0.2) is 47.4 Å². The van der Waals surface area contributed by atoms with Gasteiger partial charge >= 0.3 is 0 Å². The van der Waals surface area contributed by atoms with Gasteiger partial charge in [-0.05, 0) is 42.8 Å². The molecule has 0 saturated carbocycles. The van der Waals surface area contributed by atoms with Gasteiger partial charge in [-0.1, -0.05) is 28.2 Å². The fourth-order valence-corrected chi connectivity index (χ4v) is 3.48. The minimum atomic E-state index is -3.96. The van der Waals surface area contributed by atoms with Crippen molar-refractivity contribution in [1.82, 2.24) is 4.47 Å². The second kappa shape index (κ2) is 7.31. The molecular formula is C16H17ClN2O4S. The van der Waals surface area contributed by atoms with E-state index in [9.17, 15) is 13.2 Å². The molecule has 2 aromatic carbocycles. The molecule has 0 heterocycles. The van der Waals surface area contributed by atoms with Crippen LogP contribution in [0.5, 0.6) is 0 Å². The van der Waals surface area contributed by atoms with Gasteiger partial charge in [-0.2, -0.15) is 0 Å². The molecule has 0 atom stereocenters. The van der Waals surface area contributed by atoms with Crippen molar-refractivity contribution < 1.29 is 18.0 Å². The van der Waals surface area contributed by atoms with E-state index in [4.69, 9.17) is 16.4 Å². The number of sulfonamides is 1. The number of nitrogens with one attached hydrogen (secondary N) is 1. The van der Waals surface area contributed by atoms with Gasteiger partial charge in [-0.15, -0.1) is 0 Å². The van der Waals surface area contributed by atoms with Gasteiger partial charge in [0.25, 0.3) is 15.9 Å². The number of aryl methyl sites for hydroxylation is 1. The number of anilines is 1. The zero-order chi connectivity index (χ0) is 17.9. The molecule has 2 aromatic rings. The number of carbonyl (C=O) groups is 1. The number of rotatable bonds is 5. The molecule has 1 amide bonds. The van der Waals surface area contributed by atoms with E-state index in [0.717, 1.165) is 5.56 Å². The maximum absolute atomic E-state index is 12.4. The molecule has 8 heteroatoms. The number of nitrogens with zero attached hydrogens (tertiary/aromatic N) is 1. The second-order valence-electron chi connectivity index (χ2n) is 5.07. The summed E-state index contributed by atoms with van der Waals surface area (Å²) in [6, 6.07) is 11.3. The Kier molecular flexibility index (Phi) is 5.61. The fraction of sp³-hybridized carbons (Fsp3) is 0.188. The summed E-state index contributed by atoms with van der Waals surface area (Å²) in [5.41, 5.74) is 1.78. The molecule has 2 rings (SSSR count). The fourth-order valence-electron chi connectivity index (χ4n) is 2.00. The molecule has 0 aliphatic carbocycles. The van der Waals surface area contributed by atoms with Crippen molar-refractivity contribution in [2.45, 2.75) is 11.8 Å². The molecule has 0 aromatic heterocycles. The summed E-state index contributed by atoms with van der Waals surface area (Å²) in [5.74, 6) is -0.436. The highest BCUT2D eigenvalue weighted by atomic mass is 35.5. The van der Waals surface area contributed by atoms with Crippen LogP contribution in [-0.4, -0.2) is 33.0 Å². The molecule has 0 unspecified atom stereocenters. The first-order valence-electron chi connectivity index (χ1n) is 6.96. The molecule has 0 bridgehead atoms. The van der Waals surface area contributed by atoms with Gasteiger partial charge < -0.3 is 5.32 Å². The van der Waals surface area contributed by atoms with Crippen LogP contribution in [0.2, 0.25) is 5.02 Å². The molecule has 0 aliphatic rings. The van der Waals surface area contributed by atoms with Crippen LogP contribution in [0.3, 0.4) is 0 Å². The standard InChI is InChI=1S/C16H17ClN2O4S/c1-11-5-4-6-13(9-11)18-16(20)12-7-8-14(17)15(10-12)24(21,22)19(2)23-3/h4-10H,1-3H3,(H,18,20). The molecule has 1 N–H and O–H groups in total. The molecule has 0 aliphatic heterocycles. The van der Waals surface area contributed by atoms with E-state index in [0.29, 0.717) is 10.2 Å². The van der Waals surface area contributed by atoms with E-state index in [1.54, 1.807) is 6.07 Å². The van der Waals surface area contributed by atoms with Crippen molar-refractivity contribution in [2.75, 3.05) is 19.5 Å². The summed E-state index contributed by atoms with van der Waals surface area (Å²) < 4.78 is 25.4. The number of halogens is 1. The van der Waals surface area contributed by atoms with Gasteiger partial charge in [0.15, 0.2) is 0 Å². The zero-order valence-electron chi connectivity index (χ0n) is 13.4. The lowest BCUT2D eigenvalue weighted by molar-refractivity contribution is -0.0258. The Labute approximate surface area is 146 Å². The number of hydroxylamine groups is 1. The second-order valence-corrected chi connectivity index (χ2v) is 7.38. The number of benzene rings is 2. The smallest absolute Gasteiger partial charge is 0.266 e. The summed E-state index contributed by atoms with van der Waals surface area (Å²) in [6.45, 7) is 1.91. The summed E-state index contributed by atoms with van der Waals surface area (Å²) in [4.78, 5) is 16.9. The Hall–Kier alpha value is -1.93. The van der Waals surface area contributed by atoms with Crippen molar-refractivity contribution >= 4 is 33.2 Å².